The van der Waals surface area contributed by atoms with E-state index in [0.717, 1.165) is 33.8 Å². The number of amides is 2. The van der Waals surface area contributed by atoms with Crippen molar-refractivity contribution in [3.63, 3.8) is 0 Å². The van der Waals surface area contributed by atoms with Gasteiger partial charge in [-0.1, -0.05) is 48.5 Å². The van der Waals surface area contributed by atoms with E-state index in [9.17, 15) is 9.59 Å². The number of benzene rings is 3. The van der Waals surface area contributed by atoms with Gasteiger partial charge in [0, 0.05) is 43.0 Å². The maximum atomic E-state index is 12.9. The van der Waals surface area contributed by atoms with E-state index in [2.05, 4.69) is 5.32 Å². The highest BCUT2D eigenvalue weighted by atomic mass is 16.5. The predicted molar refractivity (Wildman–Crippen MR) is 134 cm³/mol. The quantitative estimate of drug-likeness (QED) is 0.436. The molecule has 3 aromatic carbocycles. The summed E-state index contributed by atoms with van der Waals surface area (Å²) in [6.07, 6.45) is 3.10. The van der Waals surface area contributed by atoms with Crippen LogP contribution in [0.2, 0.25) is 0 Å². The summed E-state index contributed by atoms with van der Waals surface area (Å²) in [5, 5.41) is 7.67. The smallest absolute Gasteiger partial charge is 0.260 e. The molecule has 1 aliphatic heterocycles. The zero-order chi connectivity index (χ0) is 24.2. The maximum Gasteiger partial charge on any atom is 0.260 e. The lowest BCUT2D eigenvalue weighted by Gasteiger charge is -2.19. The molecule has 2 amide bonds. The van der Waals surface area contributed by atoms with Crippen LogP contribution in [0, 0.1) is 0 Å². The van der Waals surface area contributed by atoms with E-state index >= 15 is 0 Å². The fourth-order valence-corrected chi connectivity index (χ4v) is 4.13. The molecule has 1 N–H and O–H groups in total. The molecule has 0 fully saturated rings. The first kappa shape index (κ1) is 22.4. The van der Waals surface area contributed by atoms with Gasteiger partial charge in [-0.25, -0.2) is 4.68 Å². The number of carbonyl (C=O) groups is 2. The van der Waals surface area contributed by atoms with Crippen LogP contribution in [-0.4, -0.2) is 40.1 Å². The molecule has 4 aromatic rings. The Labute approximate surface area is 204 Å². The summed E-state index contributed by atoms with van der Waals surface area (Å²) in [7, 11) is 1.77. The summed E-state index contributed by atoms with van der Waals surface area (Å²) >= 11 is 0. The van der Waals surface area contributed by atoms with Gasteiger partial charge in [0.2, 0.25) is 5.91 Å². The summed E-state index contributed by atoms with van der Waals surface area (Å²) in [5.74, 6) is 0.499. The van der Waals surface area contributed by atoms with Crippen molar-refractivity contribution < 1.29 is 14.3 Å². The fraction of sp³-hybridized carbons (Fsp3) is 0.179. The van der Waals surface area contributed by atoms with Crippen LogP contribution in [0.4, 0.5) is 5.69 Å². The Kier molecular flexibility index (Phi) is 6.30. The number of aryl methyl sites for hydroxylation is 1. The number of ether oxygens (including phenoxy) is 1. The van der Waals surface area contributed by atoms with Crippen molar-refractivity contribution in [1.29, 1.82) is 0 Å². The van der Waals surface area contributed by atoms with Gasteiger partial charge >= 0.3 is 0 Å². The minimum absolute atomic E-state index is 0.0217. The fourth-order valence-electron chi connectivity index (χ4n) is 4.13. The maximum absolute atomic E-state index is 12.9. The molecule has 1 aromatic heterocycles. The van der Waals surface area contributed by atoms with Crippen LogP contribution in [0.3, 0.4) is 0 Å². The van der Waals surface area contributed by atoms with Crippen molar-refractivity contribution in [2.75, 3.05) is 19.0 Å². The first-order valence-corrected chi connectivity index (χ1v) is 11.6. The van der Waals surface area contributed by atoms with Crippen molar-refractivity contribution in [1.82, 2.24) is 14.7 Å². The van der Waals surface area contributed by atoms with Gasteiger partial charge in [-0.3, -0.25) is 9.59 Å². The van der Waals surface area contributed by atoms with E-state index < -0.39 is 0 Å². The normalized spacial score (nSPS) is 12.5. The minimum Gasteiger partial charge on any atom is -0.484 e. The zero-order valence-corrected chi connectivity index (χ0v) is 19.5. The lowest BCUT2D eigenvalue weighted by Crippen LogP contribution is -2.31. The number of nitrogens with one attached hydrogen (secondary N) is 1. The van der Waals surface area contributed by atoms with Crippen molar-refractivity contribution in [3.8, 4) is 22.7 Å². The molecule has 176 valence electrons. The number of hydrogen-bond acceptors (Lipinski definition) is 4. The first-order chi connectivity index (χ1) is 17.1. The summed E-state index contributed by atoms with van der Waals surface area (Å²) in [4.78, 5) is 26.1. The van der Waals surface area contributed by atoms with E-state index in [0.29, 0.717) is 25.1 Å². The predicted octanol–water partition coefficient (Wildman–Crippen LogP) is 4.46. The van der Waals surface area contributed by atoms with Crippen LogP contribution in [0.25, 0.3) is 16.9 Å². The molecule has 5 rings (SSSR count). The number of rotatable bonds is 7. The number of carbonyl (C=O) groups excluding carboxylic acids is 2. The topological polar surface area (TPSA) is 76.5 Å². The average Bonchev–Trinajstić information content (AvgIpc) is 3.32. The van der Waals surface area contributed by atoms with Gasteiger partial charge in [0.1, 0.15) is 5.75 Å². The third-order valence-corrected chi connectivity index (χ3v) is 6.03. The van der Waals surface area contributed by atoms with E-state index in [1.54, 1.807) is 18.0 Å². The summed E-state index contributed by atoms with van der Waals surface area (Å²) in [6.45, 7) is 0.324. The molecular weight excluding hydrogens is 440 g/mol. The Morgan fingerprint density at radius 2 is 1.77 bits per heavy atom. The third kappa shape index (κ3) is 5.09. The molecule has 35 heavy (non-hydrogen) atoms. The Balaban J connectivity index is 1.30. The van der Waals surface area contributed by atoms with E-state index in [4.69, 9.17) is 9.84 Å². The molecule has 0 saturated heterocycles. The van der Waals surface area contributed by atoms with Crippen LogP contribution >= 0.6 is 0 Å². The van der Waals surface area contributed by atoms with E-state index in [-0.39, 0.29) is 18.4 Å². The van der Waals surface area contributed by atoms with Gasteiger partial charge in [0.15, 0.2) is 6.61 Å². The average molecular weight is 467 g/mol. The van der Waals surface area contributed by atoms with Crippen molar-refractivity contribution in [3.05, 3.63) is 96.2 Å². The van der Waals surface area contributed by atoms with Gasteiger partial charge in [-0.05, 0) is 42.3 Å². The lowest BCUT2D eigenvalue weighted by molar-refractivity contribution is -0.132. The Morgan fingerprint density at radius 1 is 1.03 bits per heavy atom. The highest BCUT2D eigenvalue weighted by Crippen LogP contribution is 2.27. The highest BCUT2D eigenvalue weighted by Gasteiger charge is 2.18. The second kappa shape index (κ2) is 9.85. The highest BCUT2D eigenvalue weighted by molar-refractivity contribution is 5.94. The second-order valence-electron chi connectivity index (χ2n) is 8.55. The molecular formula is C28H26N4O3. The SMILES string of the molecule is CN(Cc1cn(-c2ccccc2)nc1-c1ccccc1)C(=O)COc1ccc2c(c1)CCC(=O)N2. The molecule has 7 nitrogen and oxygen atoms in total. The van der Waals surface area contributed by atoms with E-state index in [1.807, 2.05) is 83.7 Å². The molecule has 0 aliphatic carbocycles. The Morgan fingerprint density at radius 3 is 2.54 bits per heavy atom. The zero-order valence-electron chi connectivity index (χ0n) is 19.5. The number of hydrogen-bond donors (Lipinski definition) is 1. The lowest BCUT2D eigenvalue weighted by atomic mass is 10.0. The van der Waals surface area contributed by atoms with Crippen molar-refractivity contribution in [2.24, 2.45) is 0 Å². The number of fused-ring (bicyclic) bond motifs is 1. The molecule has 0 spiro atoms. The Bertz CT molecular complexity index is 1350. The number of nitrogens with zero attached hydrogens (tertiary/aromatic N) is 3. The van der Waals surface area contributed by atoms with Crippen molar-refractivity contribution >= 4 is 17.5 Å². The van der Waals surface area contributed by atoms with Gasteiger partial charge in [-0.15, -0.1) is 0 Å². The van der Waals surface area contributed by atoms with Crippen LogP contribution in [0.5, 0.6) is 5.75 Å². The van der Waals surface area contributed by atoms with Gasteiger partial charge < -0.3 is 15.0 Å². The number of likely N-dealkylation sites (N-methyl/N-ethyl adjacent to an activating group) is 1. The third-order valence-electron chi connectivity index (χ3n) is 6.03. The second-order valence-corrected chi connectivity index (χ2v) is 8.55. The summed E-state index contributed by atoms with van der Waals surface area (Å²) < 4.78 is 7.63. The largest absolute Gasteiger partial charge is 0.484 e. The molecule has 0 unspecified atom stereocenters. The van der Waals surface area contributed by atoms with E-state index in [1.165, 1.54) is 0 Å². The minimum atomic E-state index is -0.137. The number of anilines is 1. The molecule has 0 saturated carbocycles. The van der Waals surface area contributed by atoms with Gasteiger partial charge in [0.05, 0.1) is 11.4 Å². The Hall–Kier alpha value is -4.39. The van der Waals surface area contributed by atoms with Gasteiger partial charge in [0.25, 0.3) is 5.91 Å². The monoisotopic (exact) mass is 466 g/mol. The molecule has 0 bridgehead atoms. The van der Waals surface area contributed by atoms with Crippen LogP contribution in [0.1, 0.15) is 17.5 Å². The van der Waals surface area contributed by atoms with Crippen molar-refractivity contribution in [2.45, 2.75) is 19.4 Å². The first-order valence-electron chi connectivity index (χ1n) is 11.6. The van der Waals surface area contributed by atoms with Crippen LogP contribution < -0.4 is 10.1 Å². The molecule has 1 aliphatic rings. The molecule has 2 heterocycles. The summed E-state index contributed by atoms with van der Waals surface area (Å²) in [5.41, 5.74) is 5.56. The molecule has 7 heteroatoms. The molecule has 0 atom stereocenters. The van der Waals surface area contributed by atoms with Crippen LogP contribution in [0.15, 0.2) is 85.1 Å². The standard InChI is InChI=1S/C28H26N4O3/c1-31(27(34)19-35-24-13-14-25-21(16-24)12-15-26(33)29-25)17-22-18-32(23-10-6-3-7-11-23)30-28(22)20-8-4-2-5-9-20/h2-11,13-14,16,18H,12,15,17,19H2,1H3,(H,29,33). The number of para-hydroxylation sites is 1. The summed E-state index contributed by atoms with van der Waals surface area (Å²) in [6, 6.07) is 25.4. The number of aromatic nitrogens is 2. The van der Waals surface area contributed by atoms with Gasteiger partial charge in [-0.2, -0.15) is 5.10 Å². The van der Waals surface area contributed by atoms with Crippen LogP contribution in [-0.2, 0) is 22.6 Å². The molecule has 0 radical (unpaired) electrons.